The van der Waals surface area contributed by atoms with E-state index in [4.69, 9.17) is 11.6 Å². The summed E-state index contributed by atoms with van der Waals surface area (Å²) in [5, 5.41) is 6.91. The zero-order chi connectivity index (χ0) is 18.4. The fraction of sp³-hybridized carbons (Fsp3) is 0.579. The highest BCUT2D eigenvalue weighted by Gasteiger charge is 2.28. The highest BCUT2D eigenvalue weighted by atomic mass is 35.5. The van der Waals surface area contributed by atoms with Crippen LogP contribution in [0.2, 0.25) is 5.02 Å². The summed E-state index contributed by atoms with van der Waals surface area (Å²) in [5.41, 5.74) is 0.572. The van der Waals surface area contributed by atoms with Crippen molar-refractivity contribution < 1.29 is 9.59 Å². The minimum Gasteiger partial charge on any atom is -0.356 e. The first kappa shape index (κ1) is 19.7. The third-order valence-corrected chi connectivity index (χ3v) is 4.71. The molecule has 1 fully saturated rings. The van der Waals surface area contributed by atoms with E-state index in [0.717, 1.165) is 12.1 Å². The molecule has 2 amide bonds. The predicted octanol–water partition coefficient (Wildman–Crippen LogP) is 2.76. The first-order valence-electron chi connectivity index (χ1n) is 8.83. The molecule has 0 spiro atoms. The Morgan fingerprint density at radius 1 is 1.32 bits per heavy atom. The van der Waals surface area contributed by atoms with Crippen LogP contribution in [-0.4, -0.2) is 42.9 Å². The molecule has 138 valence electrons. The number of halogens is 1. The maximum absolute atomic E-state index is 12.7. The van der Waals surface area contributed by atoms with Gasteiger partial charge in [0.25, 0.3) is 0 Å². The molecule has 2 N–H and O–H groups in total. The number of nitrogens with one attached hydrogen (secondary N) is 2. The van der Waals surface area contributed by atoms with Crippen molar-refractivity contribution in [2.75, 3.05) is 26.2 Å². The fourth-order valence-corrected chi connectivity index (χ4v) is 3.14. The topological polar surface area (TPSA) is 61.4 Å². The summed E-state index contributed by atoms with van der Waals surface area (Å²) in [7, 11) is 0. The van der Waals surface area contributed by atoms with Crippen LogP contribution in [-0.2, 0) is 9.59 Å². The average Bonchev–Trinajstić information content (AvgIpc) is 2.58. The van der Waals surface area contributed by atoms with Gasteiger partial charge in [0.15, 0.2) is 0 Å². The molecule has 0 aliphatic carbocycles. The van der Waals surface area contributed by atoms with E-state index in [1.54, 1.807) is 0 Å². The fourth-order valence-electron chi connectivity index (χ4n) is 2.88. The van der Waals surface area contributed by atoms with E-state index in [9.17, 15) is 9.59 Å². The molecule has 1 atom stereocenters. The monoisotopic (exact) mass is 365 g/mol. The summed E-state index contributed by atoms with van der Waals surface area (Å²) in [6.07, 6.45) is 1.06. The number of rotatable bonds is 5. The maximum atomic E-state index is 12.7. The Kier molecular flexibility index (Phi) is 6.85. The molecule has 1 saturated heterocycles. The molecule has 1 aliphatic heterocycles. The molecule has 1 aliphatic rings. The van der Waals surface area contributed by atoms with Crippen LogP contribution in [0.3, 0.4) is 0 Å². The molecule has 6 heteroatoms. The van der Waals surface area contributed by atoms with Crippen LogP contribution in [0, 0.1) is 5.41 Å². The average molecular weight is 366 g/mol. The highest BCUT2D eigenvalue weighted by molar-refractivity contribution is 6.31. The maximum Gasteiger partial charge on any atom is 0.225 e. The van der Waals surface area contributed by atoms with Crippen molar-refractivity contribution in [3.05, 3.63) is 34.9 Å². The van der Waals surface area contributed by atoms with Crippen LogP contribution in [0.15, 0.2) is 24.3 Å². The van der Waals surface area contributed by atoms with Gasteiger partial charge >= 0.3 is 0 Å². The molecule has 0 radical (unpaired) electrons. The lowest BCUT2D eigenvalue weighted by atomic mass is 9.96. The van der Waals surface area contributed by atoms with Gasteiger partial charge in [0, 0.05) is 43.0 Å². The van der Waals surface area contributed by atoms with E-state index >= 15 is 0 Å². The van der Waals surface area contributed by atoms with Gasteiger partial charge in [0.05, 0.1) is 6.04 Å². The second-order valence-electron chi connectivity index (χ2n) is 7.44. The summed E-state index contributed by atoms with van der Waals surface area (Å²) in [4.78, 5) is 26.4. The van der Waals surface area contributed by atoms with Gasteiger partial charge in [0.1, 0.15) is 0 Å². The first-order valence-corrected chi connectivity index (χ1v) is 9.21. The van der Waals surface area contributed by atoms with E-state index in [2.05, 4.69) is 10.6 Å². The van der Waals surface area contributed by atoms with Crippen molar-refractivity contribution in [2.24, 2.45) is 5.41 Å². The second-order valence-corrected chi connectivity index (χ2v) is 7.85. The number of amides is 2. The second kappa shape index (κ2) is 8.68. The zero-order valence-corrected chi connectivity index (χ0v) is 16.0. The van der Waals surface area contributed by atoms with Crippen LogP contribution in [0.4, 0.5) is 0 Å². The predicted molar refractivity (Wildman–Crippen MR) is 100 cm³/mol. The van der Waals surface area contributed by atoms with Crippen molar-refractivity contribution in [2.45, 2.75) is 39.7 Å². The lowest BCUT2D eigenvalue weighted by Gasteiger charge is -2.37. The minimum atomic E-state index is -0.405. The van der Waals surface area contributed by atoms with Crippen molar-refractivity contribution in [1.29, 1.82) is 0 Å². The normalized spacial score (nSPS) is 18.1. The smallest absolute Gasteiger partial charge is 0.225 e. The summed E-state index contributed by atoms with van der Waals surface area (Å²) in [6.45, 7) is 8.31. The Balaban J connectivity index is 1.91. The van der Waals surface area contributed by atoms with Crippen LogP contribution < -0.4 is 10.6 Å². The lowest BCUT2D eigenvalue weighted by Crippen LogP contribution is -2.48. The van der Waals surface area contributed by atoms with Gasteiger partial charge in [-0.15, -0.1) is 0 Å². The van der Waals surface area contributed by atoms with E-state index in [1.165, 1.54) is 0 Å². The van der Waals surface area contributed by atoms with Crippen molar-refractivity contribution in [3.63, 3.8) is 0 Å². The quantitative estimate of drug-likeness (QED) is 0.789. The number of piperazine rings is 1. The van der Waals surface area contributed by atoms with E-state index in [1.807, 2.05) is 49.9 Å². The molecule has 2 rings (SSSR count). The molecule has 0 aromatic heterocycles. The van der Waals surface area contributed by atoms with Crippen LogP contribution in [0.25, 0.3) is 0 Å². The third kappa shape index (κ3) is 5.44. The molecule has 1 unspecified atom stereocenters. The van der Waals surface area contributed by atoms with Gasteiger partial charge in [-0.3, -0.25) is 9.59 Å². The summed E-state index contributed by atoms with van der Waals surface area (Å²) < 4.78 is 0. The standard InChI is InChI=1S/C19H28ClN3O2/c1-19(2,3)18(25)22-10-6-9-17(24)23-12-11-21-13-16(23)14-7-4-5-8-15(14)20/h4-5,7-8,16,21H,6,9-13H2,1-3H3,(H,22,25). The van der Waals surface area contributed by atoms with Crippen molar-refractivity contribution in [1.82, 2.24) is 15.5 Å². The Bertz CT molecular complexity index is 613. The summed E-state index contributed by atoms with van der Waals surface area (Å²) in [5.74, 6) is 0.118. The highest BCUT2D eigenvalue weighted by Crippen LogP contribution is 2.29. The first-order chi connectivity index (χ1) is 11.8. The Labute approximate surface area is 155 Å². The van der Waals surface area contributed by atoms with Gasteiger partial charge in [-0.25, -0.2) is 0 Å². The van der Waals surface area contributed by atoms with Gasteiger partial charge in [-0.05, 0) is 18.1 Å². The van der Waals surface area contributed by atoms with Crippen molar-refractivity contribution in [3.8, 4) is 0 Å². The van der Waals surface area contributed by atoms with Gasteiger partial charge in [0.2, 0.25) is 11.8 Å². The van der Waals surface area contributed by atoms with Crippen LogP contribution in [0.5, 0.6) is 0 Å². The van der Waals surface area contributed by atoms with E-state index < -0.39 is 5.41 Å². The Hall–Kier alpha value is -1.59. The van der Waals surface area contributed by atoms with Gasteiger partial charge in [-0.2, -0.15) is 0 Å². The minimum absolute atomic E-state index is 0.0102. The van der Waals surface area contributed by atoms with Crippen LogP contribution >= 0.6 is 11.6 Å². The number of nitrogens with zero attached hydrogens (tertiary/aromatic N) is 1. The van der Waals surface area contributed by atoms with Gasteiger partial charge < -0.3 is 15.5 Å². The number of hydrogen-bond donors (Lipinski definition) is 2. The Morgan fingerprint density at radius 3 is 2.72 bits per heavy atom. The molecule has 1 aromatic rings. The molecule has 1 aromatic carbocycles. The number of carbonyl (C=O) groups is 2. The zero-order valence-electron chi connectivity index (χ0n) is 15.3. The molecular formula is C19H28ClN3O2. The van der Waals surface area contributed by atoms with Crippen LogP contribution in [0.1, 0.15) is 45.2 Å². The Morgan fingerprint density at radius 2 is 2.04 bits per heavy atom. The van der Waals surface area contributed by atoms with E-state index in [-0.39, 0.29) is 17.9 Å². The molecule has 1 heterocycles. The summed E-state index contributed by atoms with van der Waals surface area (Å²) >= 11 is 6.32. The lowest BCUT2D eigenvalue weighted by molar-refractivity contribution is -0.135. The van der Waals surface area contributed by atoms with E-state index in [0.29, 0.717) is 37.5 Å². The molecule has 0 bridgehead atoms. The molecule has 25 heavy (non-hydrogen) atoms. The SMILES string of the molecule is CC(C)(C)C(=O)NCCCC(=O)N1CCNCC1c1ccccc1Cl. The third-order valence-electron chi connectivity index (χ3n) is 4.36. The molecular weight excluding hydrogens is 338 g/mol. The summed E-state index contributed by atoms with van der Waals surface area (Å²) in [6, 6.07) is 7.63. The largest absolute Gasteiger partial charge is 0.356 e. The van der Waals surface area contributed by atoms with Crippen molar-refractivity contribution >= 4 is 23.4 Å². The number of hydrogen-bond acceptors (Lipinski definition) is 3. The number of benzene rings is 1. The molecule has 5 nitrogen and oxygen atoms in total. The molecule has 0 saturated carbocycles. The number of carbonyl (C=O) groups excluding carboxylic acids is 2. The van der Waals surface area contributed by atoms with Gasteiger partial charge in [-0.1, -0.05) is 50.6 Å².